The van der Waals surface area contributed by atoms with Crippen LogP contribution in [0.5, 0.6) is 0 Å². The van der Waals surface area contributed by atoms with Gasteiger partial charge in [-0.1, -0.05) is 23.2 Å². The van der Waals surface area contributed by atoms with Gasteiger partial charge in [0.2, 0.25) is 0 Å². The number of Topliss-reactive ketones (excluding diaryl/α,β-unsaturated/α-hetero) is 1. The van der Waals surface area contributed by atoms with E-state index in [4.69, 9.17) is 23.2 Å². The fourth-order valence-electron chi connectivity index (χ4n) is 0.404. The van der Waals surface area contributed by atoms with Crippen LogP contribution in [0.15, 0.2) is 0 Å². The molecule has 3 nitrogen and oxygen atoms in total. The molecule has 0 amide bonds. The van der Waals surface area contributed by atoms with Crippen LogP contribution < -0.4 is 0 Å². The van der Waals surface area contributed by atoms with Gasteiger partial charge in [0.15, 0.2) is 10.6 Å². The molecule has 64 valence electrons. The van der Waals surface area contributed by atoms with Gasteiger partial charge in [-0.3, -0.25) is 9.59 Å². The highest BCUT2D eigenvalue weighted by molar-refractivity contribution is 6.53. The Morgan fingerprint density at radius 1 is 1.45 bits per heavy atom. The van der Waals surface area contributed by atoms with Gasteiger partial charge in [-0.15, -0.1) is 0 Å². The van der Waals surface area contributed by atoms with E-state index in [1.807, 2.05) is 0 Å². The molecule has 0 heterocycles. The van der Waals surface area contributed by atoms with Crippen molar-refractivity contribution in [3.63, 3.8) is 0 Å². The topological polar surface area (TPSA) is 43.4 Å². The van der Waals surface area contributed by atoms with E-state index in [1.54, 1.807) is 0 Å². The number of hydrogen-bond acceptors (Lipinski definition) is 3. The maximum atomic E-state index is 10.7. The Morgan fingerprint density at radius 3 is 2.36 bits per heavy atom. The normalized spacial score (nSPS) is 9.82. The van der Waals surface area contributed by atoms with E-state index >= 15 is 0 Å². The van der Waals surface area contributed by atoms with Crippen molar-refractivity contribution in [2.45, 2.75) is 18.2 Å². The molecule has 0 atom stereocenters. The molecule has 0 aliphatic heterocycles. The summed E-state index contributed by atoms with van der Waals surface area (Å²) in [5.41, 5.74) is 0. The number of hydrogen-bond donors (Lipinski definition) is 0. The minimum absolute atomic E-state index is 0.0457. The molecule has 0 rings (SSSR count). The summed E-state index contributed by atoms with van der Waals surface area (Å²) in [5, 5.41) is 0. The average Bonchev–Trinajstić information content (AvgIpc) is 1.86. The van der Waals surface area contributed by atoms with E-state index in [2.05, 4.69) is 4.74 Å². The van der Waals surface area contributed by atoms with E-state index in [-0.39, 0.29) is 18.8 Å². The fourth-order valence-corrected chi connectivity index (χ4v) is 0.623. The molecule has 0 saturated heterocycles. The molecule has 0 unspecified atom stereocenters. The Kier molecular flexibility index (Phi) is 5.24. The molecule has 0 radical (unpaired) electrons. The van der Waals surface area contributed by atoms with Crippen molar-refractivity contribution in [3.05, 3.63) is 0 Å². The highest BCUT2D eigenvalue weighted by atomic mass is 35.5. The van der Waals surface area contributed by atoms with Gasteiger partial charge >= 0.3 is 5.97 Å². The molecule has 0 aliphatic carbocycles. The van der Waals surface area contributed by atoms with Crippen molar-refractivity contribution < 1.29 is 14.3 Å². The number of halogens is 2. The Labute approximate surface area is 74.6 Å². The first-order valence-electron chi connectivity index (χ1n) is 2.98. The Hall–Kier alpha value is -0.280. The Morgan fingerprint density at radius 2 is 2.00 bits per heavy atom. The van der Waals surface area contributed by atoms with Crippen molar-refractivity contribution in [1.29, 1.82) is 0 Å². The van der Waals surface area contributed by atoms with Crippen LogP contribution in [0, 0.1) is 0 Å². The van der Waals surface area contributed by atoms with Crippen molar-refractivity contribution in [1.82, 2.24) is 0 Å². The second kappa shape index (κ2) is 5.38. The molecule has 0 saturated carbocycles. The molecule has 0 fully saturated rings. The zero-order valence-electron chi connectivity index (χ0n) is 5.97. The second-order valence-corrected chi connectivity index (χ2v) is 2.95. The maximum absolute atomic E-state index is 10.7. The van der Waals surface area contributed by atoms with Crippen LogP contribution in [0.25, 0.3) is 0 Å². The first-order chi connectivity index (χ1) is 5.04. The summed E-state index contributed by atoms with van der Waals surface area (Å²) < 4.78 is 4.49. The van der Waals surface area contributed by atoms with Gasteiger partial charge in [0, 0.05) is 13.3 Å². The van der Waals surface area contributed by atoms with Gasteiger partial charge in [0.1, 0.15) is 0 Å². The molecular weight excluding hydrogens is 191 g/mol. The lowest BCUT2D eigenvalue weighted by atomic mass is 10.3. The lowest BCUT2D eigenvalue weighted by Crippen LogP contribution is -2.12. The van der Waals surface area contributed by atoms with E-state index < -0.39 is 10.8 Å². The minimum atomic E-state index is -1.02. The zero-order valence-corrected chi connectivity index (χ0v) is 7.48. The van der Waals surface area contributed by atoms with Gasteiger partial charge in [-0.05, 0) is 0 Å². The zero-order chi connectivity index (χ0) is 8.85. The fraction of sp³-hybridized carbons (Fsp3) is 0.667. The van der Waals surface area contributed by atoms with E-state index in [9.17, 15) is 9.59 Å². The summed E-state index contributed by atoms with van der Waals surface area (Å²) >= 11 is 10.4. The van der Waals surface area contributed by atoms with Crippen LogP contribution in [0.2, 0.25) is 0 Å². The highest BCUT2D eigenvalue weighted by Gasteiger charge is 2.10. The molecular formula is C6H8Cl2O3. The first-order valence-corrected chi connectivity index (χ1v) is 3.85. The van der Waals surface area contributed by atoms with Crippen LogP contribution in [-0.4, -0.2) is 23.2 Å². The number of esters is 1. The third-order valence-corrected chi connectivity index (χ3v) is 1.38. The molecule has 0 aromatic heterocycles. The van der Waals surface area contributed by atoms with Crippen LogP contribution in [0.4, 0.5) is 0 Å². The summed E-state index contributed by atoms with van der Waals surface area (Å²) in [6, 6.07) is 0. The quantitative estimate of drug-likeness (QED) is 0.506. The van der Waals surface area contributed by atoms with Crippen LogP contribution in [0.1, 0.15) is 13.3 Å². The highest BCUT2D eigenvalue weighted by Crippen LogP contribution is 2.05. The third kappa shape index (κ3) is 6.13. The van der Waals surface area contributed by atoms with Gasteiger partial charge in [0.05, 0.1) is 6.61 Å². The van der Waals surface area contributed by atoms with E-state index in [0.29, 0.717) is 0 Å². The van der Waals surface area contributed by atoms with Crippen LogP contribution in [0.3, 0.4) is 0 Å². The molecule has 0 aromatic carbocycles. The van der Waals surface area contributed by atoms with Gasteiger partial charge in [0.25, 0.3) is 0 Å². The molecule has 0 spiro atoms. The number of alkyl halides is 2. The predicted octanol–water partition coefficient (Wildman–Crippen LogP) is 1.31. The number of carbonyl (C=O) groups is 2. The lowest BCUT2D eigenvalue weighted by Gasteiger charge is -2.00. The number of carbonyl (C=O) groups excluding carboxylic acids is 2. The number of rotatable bonds is 4. The van der Waals surface area contributed by atoms with Crippen molar-refractivity contribution >= 4 is 35.0 Å². The van der Waals surface area contributed by atoms with Crippen LogP contribution in [-0.2, 0) is 14.3 Å². The third-order valence-electron chi connectivity index (χ3n) is 0.897. The lowest BCUT2D eigenvalue weighted by molar-refractivity contribution is -0.141. The van der Waals surface area contributed by atoms with Gasteiger partial charge < -0.3 is 4.74 Å². The van der Waals surface area contributed by atoms with Crippen molar-refractivity contribution in [2.75, 3.05) is 6.61 Å². The summed E-state index contributed by atoms with van der Waals surface area (Å²) in [6.07, 6.45) is 0.0667. The SMILES string of the molecule is CC(=O)OCCC(=O)C(Cl)Cl. The predicted molar refractivity (Wildman–Crippen MR) is 41.8 cm³/mol. The summed E-state index contributed by atoms with van der Waals surface area (Å²) in [4.78, 5) is 19.8. The largest absolute Gasteiger partial charge is 0.465 e. The smallest absolute Gasteiger partial charge is 0.302 e. The molecule has 0 aliphatic rings. The molecule has 0 N–H and O–H groups in total. The van der Waals surface area contributed by atoms with Crippen molar-refractivity contribution in [2.24, 2.45) is 0 Å². The number of ketones is 1. The van der Waals surface area contributed by atoms with E-state index in [0.717, 1.165) is 0 Å². The summed E-state index contributed by atoms with van der Waals surface area (Å²) in [7, 11) is 0. The first kappa shape index (κ1) is 10.7. The van der Waals surface area contributed by atoms with Crippen molar-refractivity contribution in [3.8, 4) is 0 Å². The maximum Gasteiger partial charge on any atom is 0.302 e. The minimum Gasteiger partial charge on any atom is -0.465 e. The van der Waals surface area contributed by atoms with Gasteiger partial charge in [-0.25, -0.2) is 0 Å². The van der Waals surface area contributed by atoms with Crippen LogP contribution >= 0.6 is 23.2 Å². The molecule has 0 bridgehead atoms. The summed E-state index contributed by atoms with van der Waals surface area (Å²) in [5.74, 6) is -0.756. The van der Waals surface area contributed by atoms with Gasteiger partial charge in [-0.2, -0.15) is 0 Å². The van der Waals surface area contributed by atoms with E-state index in [1.165, 1.54) is 6.92 Å². The summed E-state index contributed by atoms with van der Waals surface area (Å²) in [6.45, 7) is 1.31. The second-order valence-electron chi connectivity index (χ2n) is 1.86. The average molecular weight is 199 g/mol. The molecule has 11 heavy (non-hydrogen) atoms. The Balaban J connectivity index is 3.39. The molecule has 0 aromatic rings. The number of ether oxygens (including phenoxy) is 1. The standard InChI is InChI=1S/C6H8Cl2O3/c1-4(9)11-3-2-5(10)6(7)8/h6H,2-3H2,1H3. The molecule has 5 heteroatoms. The Bertz CT molecular complexity index is 156. The monoisotopic (exact) mass is 198 g/mol.